The van der Waals surface area contributed by atoms with Crippen molar-refractivity contribution in [3.05, 3.63) is 89.2 Å². The number of hydrogen-bond donors (Lipinski definition) is 2. The Morgan fingerprint density at radius 1 is 1.07 bits per heavy atom. The molecule has 0 spiro atoms. The van der Waals surface area contributed by atoms with Gasteiger partial charge in [0.25, 0.3) is 5.91 Å². The van der Waals surface area contributed by atoms with E-state index in [-0.39, 0.29) is 5.91 Å². The summed E-state index contributed by atoms with van der Waals surface area (Å²) in [6.07, 6.45) is 2.47. The monoisotopic (exact) mass is 387 g/mol. The predicted molar refractivity (Wildman–Crippen MR) is 116 cm³/mol. The Morgan fingerprint density at radius 3 is 2.68 bits per heavy atom. The van der Waals surface area contributed by atoms with Gasteiger partial charge in [0.2, 0.25) is 0 Å². The van der Waals surface area contributed by atoms with Gasteiger partial charge >= 0.3 is 0 Å². The molecule has 0 aliphatic rings. The zero-order valence-corrected chi connectivity index (χ0v) is 16.6. The van der Waals surface area contributed by atoms with Gasteiger partial charge in [0.15, 0.2) is 0 Å². The van der Waals surface area contributed by atoms with Crippen LogP contribution in [0.25, 0.3) is 22.2 Å². The summed E-state index contributed by atoms with van der Waals surface area (Å²) < 4.78 is 2.73. The minimum atomic E-state index is -0.174. The third kappa shape index (κ3) is 3.66. The second kappa shape index (κ2) is 7.90. The van der Waals surface area contributed by atoms with Gasteiger partial charge in [-0.15, -0.1) is 0 Å². The Kier molecular flexibility index (Phi) is 5.17. The van der Waals surface area contributed by atoms with E-state index in [1.807, 2.05) is 36.6 Å². The predicted octanol–water partition coefficient (Wildman–Crippen LogP) is 5.14. The van der Waals surface area contributed by atoms with Crippen LogP contribution < -0.4 is 4.72 Å². The SMILES string of the molecule is CSNC(=O)c1cccc(Cc2c(-c3ccccc3)[nH]c3cc(C)ccc23)n1. The van der Waals surface area contributed by atoms with Crippen molar-refractivity contribution in [1.29, 1.82) is 0 Å². The quantitative estimate of drug-likeness (QED) is 0.466. The zero-order chi connectivity index (χ0) is 19.5. The van der Waals surface area contributed by atoms with E-state index in [9.17, 15) is 4.79 Å². The van der Waals surface area contributed by atoms with Gasteiger partial charge in [-0.05, 0) is 41.8 Å². The number of rotatable bonds is 5. The lowest BCUT2D eigenvalue weighted by Gasteiger charge is -2.07. The van der Waals surface area contributed by atoms with Gasteiger partial charge in [-0.3, -0.25) is 9.52 Å². The molecule has 0 saturated heterocycles. The lowest BCUT2D eigenvalue weighted by Crippen LogP contribution is -2.17. The van der Waals surface area contributed by atoms with Crippen molar-refractivity contribution in [2.24, 2.45) is 0 Å². The maximum Gasteiger partial charge on any atom is 0.279 e. The topological polar surface area (TPSA) is 57.8 Å². The number of nitrogens with zero attached hydrogens (tertiary/aromatic N) is 1. The molecular formula is C23H21N3OS. The molecule has 2 N–H and O–H groups in total. The van der Waals surface area contributed by atoms with E-state index < -0.39 is 0 Å². The van der Waals surface area contributed by atoms with E-state index in [1.54, 1.807) is 6.07 Å². The number of aromatic nitrogens is 2. The molecule has 2 aromatic heterocycles. The molecule has 0 radical (unpaired) electrons. The van der Waals surface area contributed by atoms with Crippen LogP contribution in [0, 0.1) is 6.92 Å². The van der Waals surface area contributed by atoms with Crippen molar-refractivity contribution in [3.63, 3.8) is 0 Å². The number of hydrogen-bond acceptors (Lipinski definition) is 3. The van der Waals surface area contributed by atoms with E-state index in [4.69, 9.17) is 0 Å². The van der Waals surface area contributed by atoms with E-state index in [2.05, 4.69) is 51.9 Å². The number of amides is 1. The van der Waals surface area contributed by atoms with Crippen molar-refractivity contribution < 1.29 is 4.79 Å². The summed E-state index contributed by atoms with van der Waals surface area (Å²) >= 11 is 1.27. The van der Waals surface area contributed by atoms with E-state index in [1.165, 1.54) is 28.5 Å². The second-order valence-electron chi connectivity index (χ2n) is 6.72. The summed E-state index contributed by atoms with van der Waals surface area (Å²) in [5.41, 5.74) is 7.07. The summed E-state index contributed by atoms with van der Waals surface area (Å²) in [7, 11) is 0. The molecule has 5 heteroatoms. The summed E-state index contributed by atoms with van der Waals surface area (Å²) in [6, 6.07) is 22.4. The molecule has 0 atom stereocenters. The van der Waals surface area contributed by atoms with Crippen molar-refractivity contribution in [2.75, 3.05) is 6.26 Å². The second-order valence-corrected chi connectivity index (χ2v) is 7.33. The first-order valence-electron chi connectivity index (χ1n) is 9.11. The molecule has 1 amide bonds. The van der Waals surface area contributed by atoms with Gasteiger partial charge in [0, 0.05) is 29.3 Å². The van der Waals surface area contributed by atoms with Crippen LogP contribution in [0.5, 0.6) is 0 Å². The molecule has 0 bridgehead atoms. The van der Waals surface area contributed by atoms with Crippen LogP contribution in [0.1, 0.15) is 27.3 Å². The molecule has 0 saturated carbocycles. The minimum absolute atomic E-state index is 0.174. The third-order valence-corrected chi connectivity index (χ3v) is 5.11. The first kappa shape index (κ1) is 18.3. The smallest absolute Gasteiger partial charge is 0.279 e. The average Bonchev–Trinajstić information content (AvgIpc) is 3.06. The summed E-state index contributed by atoms with van der Waals surface area (Å²) in [5, 5.41) is 1.19. The number of aromatic amines is 1. The van der Waals surface area contributed by atoms with Gasteiger partial charge in [-0.1, -0.05) is 60.5 Å². The molecule has 0 unspecified atom stereocenters. The molecule has 28 heavy (non-hydrogen) atoms. The standard InChI is InChI=1S/C23H21N3OS/c1-15-11-12-18-19(14-17-9-6-10-20(24-17)23(27)26-28-2)22(25-21(18)13-15)16-7-4-3-5-8-16/h3-13,25H,14H2,1-2H3,(H,26,27). The van der Waals surface area contributed by atoms with Crippen LogP contribution in [0.3, 0.4) is 0 Å². The highest BCUT2D eigenvalue weighted by Gasteiger charge is 2.15. The first-order valence-corrected chi connectivity index (χ1v) is 10.3. The molecule has 0 aliphatic heterocycles. The van der Waals surface area contributed by atoms with Gasteiger partial charge in [-0.2, -0.15) is 0 Å². The van der Waals surface area contributed by atoms with Crippen molar-refractivity contribution in [2.45, 2.75) is 13.3 Å². The maximum atomic E-state index is 12.1. The minimum Gasteiger partial charge on any atom is -0.354 e. The number of carbonyl (C=O) groups is 1. The zero-order valence-electron chi connectivity index (χ0n) is 15.8. The molecule has 0 aliphatic carbocycles. The van der Waals surface area contributed by atoms with Crippen LogP contribution >= 0.6 is 11.9 Å². The fourth-order valence-corrected chi connectivity index (χ4v) is 3.72. The molecule has 2 aromatic carbocycles. The Balaban J connectivity index is 1.80. The Labute approximate surface area is 168 Å². The Hall–Kier alpha value is -3.05. The van der Waals surface area contributed by atoms with Gasteiger partial charge in [-0.25, -0.2) is 4.98 Å². The normalized spacial score (nSPS) is 10.9. The number of benzene rings is 2. The first-order chi connectivity index (χ1) is 13.7. The summed E-state index contributed by atoms with van der Waals surface area (Å²) in [6.45, 7) is 2.09. The largest absolute Gasteiger partial charge is 0.354 e. The molecular weight excluding hydrogens is 366 g/mol. The van der Waals surface area contributed by atoms with Gasteiger partial charge < -0.3 is 4.98 Å². The van der Waals surface area contributed by atoms with Crippen LogP contribution in [-0.2, 0) is 6.42 Å². The molecule has 4 nitrogen and oxygen atoms in total. The fourth-order valence-electron chi connectivity index (χ4n) is 3.43. The number of fused-ring (bicyclic) bond motifs is 1. The Bertz CT molecular complexity index is 1140. The highest BCUT2D eigenvalue weighted by molar-refractivity contribution is 7.97. The fraction of sp³-hybridized carbons (Fsp3) is 0.130. The molecule has 2 heterocycles. The van der Waals surface area contributed by atoms with Gasteiger partial charge in [0.1, 0.15) is 5.69 Å². The third-order valence-electron chi connectivity index (χ3n) is 4.72. The molecule has 4 rings (SSSR count). The number of H-pyrrole nitrogens is 1. The molecule has 0 fully saturated rings. The Morgan fingerprint density at radius 2 is 1.89 bits per heavy atom. The van der Waals surface area contributed by atoms with E-state index >= 15 is 0 Å². The summed E-state index contributed by atoms with van der Waals surface area (Å²) in [5.74, 6) is -0.174. The highest BCUT2D eigenvalue weighted by Crippen LogP contribution is 2.32. The number of pyridine rings is 1. The number of aryl methyl sites for hydroxylation is 1. The van der Waals surface area contributed by atoms with E-state index in [0.717, 1.165) is 22.5 Å². The lowest BCUT2D eigenvalue weighted by molar-refractivity contribution is 0.0979. The van der Waals surface area contributed by atoms with Gasteiger partial charge in [0.05, 0.1) is 5.69 Å². The van der Waals surface area contributed by atoms with E-state index in [0.29, 0.717) is 12.1 Å². The molecule has 4 aromatic rings. The lowest BCUT2D eigenvalue weighted by atomic mass is 10.0. The average molecular weight is 388 g/mol. The number of nitrogens with one attached hydrogen (secondary N) is 2. The number of carbonyl (C=O) groups excluding carboxylic acids is 1. The van der Waals surface area contributed by atoms with Crippen molar-refractivity contribution in [1.82, 2.24) is 14.7 Å². The van der Waals surface area contributed by atoms with Crippen molar-refractivity contribution >= 4 is 28.8 Å². The van der Waals surface area contributed by atoms with Crippen LogP contribution in [-0.4, -0.2) is 22.1 Å². The van der Waals surface area contributed by atoms with Crippen LogP contribution in [0.15, 0.2) is 66.7 Å². The maximum absolute atomic E-state index is 12.1. The highest BCUT2D eigenvalue weighted by atomic mass is 32.2. The van der Waals surface area contributed by atoms with Crippen LogP contribution in [0.2, 0.25) is 0 Å². The van der Waals surface area contributed by atoms with Crippen LogP contribution in [0.4, 0.5) is 0 Å². The summed E-state index contributed by atoms with van der Waals surface area (Å²) in [4.78, 5) is 20.3. The van der Waals surface area contributed by atoms with Crippen molar-refractivity contribution in [3.8, 4) is 11.3 Å². The molecule has 140 valence electrons.